The summed E-state index contributed by atoms with van der Waals surface area (Å²) >= 11 is 0. The minimum atomic E-state index is -3.57. The third kappa shape index (κ3) is 2.33. The second kappa shape index (κ2) is 5.16. The van der Waals surface area contributed by atoms with Crippen LogP contribution in [0.25, 0.3) is 0 Å². The highest BCUT2D eigenvalue weighted by Gasteiger charge is 2.47. The second-order valence-corrected chi connectivity index (χ2v) is 8.20. The van der Waals surface area contributed by atoms with Crippen molar-refractivity contribution in [2.75, 3.05) is 5.75 Å². The first-order chi connectivity index (χ1) is 10.3. The van der Waals surface area contributed by atoms with Gasteiger partial charge in [0.1, 0.15) is 5.78 Å². The Morgan fingerprint density at radius 1 is 1.05 bits per heavy atom. The summed E-state index contributed by atoms with van der Waals surface area (Å²) in [6.07, 6.45) is 1.69. The van der Waals surface area contributed by atoms with Gasteiger partial charge < -0.3 is 0 Å². The molecule has 5 heteroatoms. The number of Topliss-reactive ketones (excluding diaryl/α,β-unsaturated/α-hetero) is 2. The fourth-order valence-corrected chi connectivity index (χ4v) is 4.94. The van der Waals surface area contributed by atoms with Crippen LogP contribution in [0, 0.1) is 5.41 Å². The van der Waals surface area contributed by atoms with E-state index >= 15 is 0 Å². The molecule has 1 aromatic carbocycles. The van der Waals surface area contributed by atoms with Crippen LogP contribution in [0.1, 0.15) is 32.6 Å². The molecule has 0 bridgehead atoms. The van der Waals surface area contributed by atoms with Crippen LogP contribution in [0.3, 0.4) is 0 Å². The molecule has 0 amide bonds. The fourth-order valence-electron chi connectivity index (χ4n) is 3.48. The van der Waals surface area contributed by atoms with E-state index in [0.29, 0.717) is 24.8 Å². The average molecular weight is 318 g/mol. The lowest BCUT2D eigenvalue weighted by molar-refractivity contribution is -0.125. The molecule has 0 aliphatic heterocycles. The molecule has 0 radical (unpaired) electrons. The van der Waals surface area contributed by atoms with Gasteiger partial charge in [-0.25, -0.2) is 8.42 Å². The summed E-state index contributed by atoms with van der Waals surface area (Å²) in [5.41, 5.74) is 0.479. The summed E-state index contributed by atoms with van der Waals surface area (Å²) in [6, 6.07) is 8.15. The summed E-state index contributed by atoms with van der Waals surface area (Å²) in [7, 11) is -3.57. The van der Waals surface area contributed by atoms with Crippen molar-refractivity contribution in [2.45, 2.75) is 37.5 Å². The lowest BCUT2D eigenvalue weighted by atomic mass is 9.72. The summed E-state index contributed by atoms with van der Waals surface area (Å²) in [6.45, 7) is 1.85. The molecule has 22 heavy (non-hydrogen) atoms. The van der Waals surface area contributed by atoms with Crippen molar-refractivity contribution in [2.24, 2.45) is 5.41 Å². The number of allylic oxidation sites excluding steroid dienone is 1. The number of hydrogen-bond donors (Lipinski definition) is 0. The van der Waals surface area contributed by atoms with E-state index in [1.54, 1.807) is 18.2 Å². The van der Waals surface area contributed by atoms with Gasteiger partial charge in [-0.1, -0.05) is 18.2 Å². The maximum atomic E-state index is 12.5. The smallest absolute Gasteiger partial charge is 0.182 e. The fraction of sp³-hybridized carbons (Fsp3) is 0.412. The predicted molar refractivity (Wildman–Crippen MR) is 82.1 cm³/mol. The number of ketones is 2. The number of carbonyl (C=O) groups excluding carboxylic acids is 2. The van der Waals surface area contributed by atoms with E-state index in [2.05, 4.69) is 0 Å². The Kier molecular flexibility index (Phi) is 3.56. The Morgan fingerprint density at radius 3 is 2.41 bits per heavy atom. The third-order valence-electron chi connectivity index (χ3n) is 4.87. The number of hydrogen-bond acceptors (Lipinski definition) is 4. The SMILES string of the molecule is CC12CCC(=O)C(CS(=O)(=O)c3ccccc3)=C1CCC2=O. The zero-order chi connectivity index (χ0) is 16.0. The van der Waals surface area contributed by atoms with Gasteiger partial charge in [-0.05, 0) is 37.5 Å². The van der Waals surface area contributed by atoms with E-state index < -0.39 is 15.3 Å². The van der Waals surface area contributed by atoms with E-state index in [1.807, 2.05) is 6.92 Å². The zero-order valence-electron chi connectivity index (χ0n) is 12.5. The van der Waals surface area contributed by atoms with Gasteiger partial charge in [0.25, 0.3) is 0 Å². The Morgan fingerprint density at radius 2 is 1.73 bits per heavy atom. The van der Waals surface area contributed by atoms with Gasteiger partial charge in [-0.2, -0.15) is 0 Å². The van der Waals surface area contributed by atoms with Crippen molar-refractivity contribution >= 4 is 21.4 Å². The minimum Gasteiger partial charge on any atom is -0.299 e. The molecule has 2 aliphatic carbocycles. The third-order valence-corrected chi connectivity index (χ3v) is 6.53. The first-order valence-corrected chi connectivity index (χ1v) is 9.07. The summed E-state index contributed by atoms with van der Waals surface area (Å²) in [4.78, 5) is 24.6. The number of carbonyl (C=O) groups is 2. The molecule has 1 saturated carbocycles. The second-order valence-electron chi connectivity index (χ2n) is 6.21. The minimum absolute atomic E-state index is 0.123. The molecular formula is C17H18O4S. The van der Waals surface area contributed by atoms with Gasteiger partial charge in [0, 0.05) is 23.8 Å². The van der Waals surface area contributed by atoms with E-state index in [4.69, 9.17) is 0 Å². The average Bonchev–Trinajstić information content (AvgIpc) is 2.80. The number of fused-ring (bicyclic) bond motifs is 1. The maximum Gasteiger partial charge on any atom is 0.182 e. The van der Waals surface area contributed by atoms with Gasteiger partial charge in [-0.3, -0.25) is 9.59 Å². The molecule has 1 fully saturated rings. The van der Waals surface area contributed by atoms with E-state index in [9.17, 15) is 18.0 Å². The standard InChI is InChI=1S/C17H18O4S/c1-17-10-9-15(18)13(14(17)7-8-16(17)19)11-22(20,21)12-5-3-2-4-6-12/h2-6H,7-11H2,1H3. The number of sulfone groups is 1. The lowest BCUT2D eigenvalue weighted by Gasteiger charge is -2.31. The van der Waals surface area contributed by atoms with Crippen LogP contribution in [-0.4, -0.2) is 25.7 Å². The molecule has 3 rings (SSSR count). The summed E-state index contributed by atoms with van der Waals surface area (Å²) in [5.74, 6) is -0.292. The van der Waals surface area contributed by atoms with Crippen LogP contribution in [-0.2, 0) is 19.4 Å². The van der Waals surface area contributed by atoms with E-state index in [1.165, 1.54) is 12.1 Å². The largest absolute Gasteiger partial charge is 0.299 e. The van der Waals surface area contributed by atoms with Crippen molar-refractivity contribution in [3.05, 3.63) is 41.5 Å². The molecule has 0 spiro atoms. The Balaban J connectivity index is 2.04. The van der Waals surface area contributed by atoms with Crippen LogP contribution in [0.5, 0.6) is 0 Å². The maximum absolute atomic E-state index is 12.5. The molecule has 1 atom stereocenters. The Hall–Kier alpha value is -1.75. The first-order valence-electron chi connectivity index (χ1n) is 7.41. The van der Waals surface area contributed by atoms with E-state index in [-0.39, 0.29) is 28.6 Å². The van der Waals surface area contributed by atoms with Crippen LogP contribution in [0.4, 0.5) is 0 Å². The van der Waals surface area contributed by atoms with Gasteiger partial charge in [0.2, 0.25) is 0 Å². The highest BCUT2D eigenvalue weighted by Crippen LogP contribution is 2.48. The summed E-state index contributed by atoms with van der Waals surface area (Å²) < 4.78 is 25.1. The van der Waals surface area contributed by atoms with Crippen molar-refractivity contribution in [3.63, 3.8) is 0 Å². The van der Waals surface area contributed by atoms with Crippen LogP contribution >= 0.6 is 0 Å². The molecule has 0 saturated heterocycles. The van der Waals surface area contributed by atoms with Gasteiger partial charge in [0.15, 0.2) is 15.6 Å². The lowest BCUT2D eigenvalue weighted by Crippen LogP contribution is -2.32. The number of rotatable bonds is 3. The number of benzene rings is 1. The quantitative estimate of drug-likeness (QED) is 0.858. The summed E-state index contributed by atoms with van der Waals surface area (Å²) in [5, 5.41) is 0. The van der Waals surface area contributed by atoms with Crippen LogP contribution in [0.2, 0.25) is 0 Å². The molecule has 0 N–H and O–H groups in total. The molecule has 0 aromatic heterocycles. The Labute approximate surface area is 130 Å². The predicted octanol–water partition coefficient (Wildman–Crippen LogP) is 2.49. The van der Waals surface area contributed by atoms with Crippen LogP contribution in [0.15, 0.2) is 46.4 Å². The van der Waals surface area contributed by atoms with Crippen molar-refractivity contribution in [1.82, 2.24) is 0 Å². The normalized spacial score (nSPS) is 25.5. The molecule has 0 heterocycles. The van der Waals surface area contributed by atoms with Crippen LogP contribution < -0.4 is 0 Å². The molecule has 1 unspecified atom stereocenters. The van der Waals surface area contributed by atoms with Gasteiger partial charge >= 0.3 is 0 Å². The van der Waals surface area contributed by atoms with Crippen molar-refractivity contribution in [3.8, 4) is 0 Å². The highest BCUT2D eigenvalue weighted by molar-refractivity contribution is 7.91. The van der Waals surface area contributed by atoms with Crippen molar-refractivity contribution < 1.29 is 18.0 Å². The molecule has 116 valence electrons. The van der Waals surface area contributed by atoms with Gasteiger partial charge in [-0.15, -0.1) is 0 Å². The topological polar surface area (TPSA) is 68.3 Å². The first kappa shape index (κ1) is 15.2. The zero-order valence-corrected chi connectivity index (χ0v) is 13.3. The monoisotopic (exact) mass is 318 g/mol. The highest BCUT2D eigenvalue weighted by atomic mass is 32.2. The van der Waals surface area contributed by atoms with Gasteiger partial charge in [0.05, 0.1) is 10.6 Å². The Bertz CT molecular complexity index is 774. The molecule has 2 aliphatic rings. The molecule has 1 aromatic rings. The van der Waals surface area contributed by atoms with Crippen molar-refractivity contribution in [1.29, 1.82) is 0 Å². The van der Waals surface area contributed by atoms with E-state index in [0.717, 1.165) is 5.57 Å². The molecule has 4 nitrogen and oxygen atoms in total. The molecular weight excluding hydrogens is 300 g/mol.